The lowest BCUT2D eigenvalue weighted by Crippen LogP contribution is -2.42. The predicted octanol–water partition coefficient (Wildman–Crippen LogP) is 5.55. The fourth-order valence-corrected chi connectivity index (χ4v) is 3.21. The number of rotatable bonds is 10. The summed E-state index contributed by atoms with van der Waals surface area (Å²) >= 11 is 0. The number of hydrogen-bond acceptors (Lipinski definition) is 5. The SMILES string of the molecule is C=C(N=C(C)OC)c1ccccc1C(=O)N(CC)[C@@H](C)COc1ccc(C(F)(F)CC)cn1. The molecule has 0 spiro atoms. The van der Waals surface area contributed by atoms with E-state index in [1.807, 2.05) is 19.9 Å². The van der Waals surface area contributed by atoms with E-state index < -0.39 is 5.92 Å². The van der Waals surface area contributed by atoms with Crippen molar-refractivity contribution in [2.24, 2.45) is 4.99 Å². The Labute approximate surface area is 194 Å². The van der Waals surface area contributed by atoms with Crippen LogP contribution in [0.2, 0.25) is 0 Å². The maximum Gasteiger partial charge on any atom is 0.274 e. The van der Waals surface area contributed by atoms with Gasteiger partial charge in [-0.3, -0.25) is 4.79 Å². The Kier molecular flexibility index (Phi) is 9.08. The highest BCUT2D eigenvalue weighted by atomic mass is 19.3. The predicted molar refractivity (Wildman–Crippen MR) is 126 cm³/mol. The van der Waals surface area contributed by atoms with E-state index in [1.165, 1.54) is 26.2 Å². The highest BCUT2D eigenvalue weighted by molar-refractivity contribution is 5.99. The molecule has 0 saturated carbocycles. The molecule has 1 heterocycles. The second-order valence-electron chi connectivity index (χ2n) is 7.52. The van der Waals surface area contributed by atoms with Gasteiger partial charge in [-0.05, 0) is 26.0 Å². The zero-order chi connectivity index (χ0) is 24.6. The summed E-state index contributed by atoms with van der Waals surface area (Å²) < 4.78 is 38.3. The number of likely N-dealkylation sites (N-methyl/N-ethyl adjacent to an activating group) is 1. The van der Waals surface area contributed by atoms with Crippen molar-refractivity contribution in [1.82, 2.24) is 9.88 Å². The number of benzene rings is 1. The first-order valence-corrected chi connectivity index (χ1v) is 10.8. The molecular weight excluding hydrogens is 428 g/mol. The Morgan fingerprint density at radius 1 is 1.21 bits per heavy atom. The molecule has 2 rings (SSSR count). The van der Waals surface area contributed by atoms with Gasteiger partial charge < -0.3 is 14.4 Å². The lowest BCUT2D eigenvalue weighted by atomic mass is 10.0. The molecular formula is C25H31F2N3O3. The molecule has 0 fully saturated rings. The lowest BCUT2D eigenvalue weighted by Gasteiger charge is -2.28. The van der Waals surface area contributed by atoms with Crippen LogP contribution in [0.15, 0.2) is 54.2 Å². The number of ether oxygens (including phenoxy) is 2. The largest absolute Gasteiger partial charge is 0.484 e. The van der Waals surface area contributed by atoms with E-state index in [4.69, 9.17) is 9.47 Å². The summed E-state index contributed by atoms with van der Waals surface area (Å²) in [4.78, 5) is 23.3. The van der Waals surface area contributed by atoms with E-state index in [0.717, 1.165) is 6.20 Å². The second-order valence-corrected chi connectivity index (χ2v) is 7.52. The number of hydrogen-bond donors (Lipinski definition) is 0. The van der Waals surface area contributed by atoms with E-state index in [9.17, 15) is 13.6 Å². The molecule has 0 aliphatic heterocycles. The molecule has 1 aromatic carbocycles. The Balaban J connectivity index is 2.14. The van der Waals surface area contributed by atoms with Crippen LogP contribution in [0.3, 0.4) is 0 Å². The quantitative estimate of drug-likeness (QED) is 0.345. The average molecular weight is 460 g/mol. The highest BCUT2D eigenvalue weighted by Gasteiger charge is 2.29. The second kappa shape index (κ2) is 11.5. The van der Waals surface area contributed by atoms with Crippen molar-refractivity contribution >= 4 is 17.5 Å². The molecule has 33 heavy (non-hydrogen) atoms. The van der Waals surface area contributed by atoms with Gasteiger partial charge in [-0.25, -0.2) is 18.8 Å². The van der Waals surface area contributed by atoms with Crippen molar-refractivity contribution in [2.45, 2.75) is 46.1 Å². The van der Waals surface area contributed by atoms with Crippen LogP contribution in [0.4, 0.5) is 8.78 Å². The molecule has 2 aromatic rings. The molecule has 0 aliphatic carbocycles. The maximum absolute atomic E-state index is 13.8. The van der Waals surface area contributed by atoms with Gasteiger partial charge in [0.15, 0.2) is 5.90 Å². The number of halogens is 2. The number of alkyl halides is 2. The van der Waals surface area contributed by atoms with Crippen LogP contribution in [-0.2, 0) is 10.7 Å². The highest BCUT2D eigenvalue weighted by Crippen LogP contribution is 2.31. The molecule has 0 aliphatic rings. The third kappa shape index (κ3) is 6.60. The zero-order valence-electron chi connectivity index (χ0n) is 19.8. The van der Waals surface area contributed by atoms with Crippen molar-refractivity contribution in [3.63, 3.8) is 0 Å². The molecule has 1 atom stereocenters. The van der Waals surface area contributed by atoms with Crippen LogP contribution in [0.25, 0.3) is 5.70 Å². The number of methoxy groups -OCH3 is 1. The Morgan fingerprint density at radius 2 is 1.88 bits per heavy atom. The molecule has 0 saturated heterocycles. The minimum absolute atomic E-state index is 0.153. The van der Waals surface area contributed by atoms with Crippen molar-refractivity contribution in [2.75, 3.05) is 20.3 Å². The van der Waals surface area contributed by atoms with Gasteiger partial charge in [-0.15, -0.1) is 0 Å². The number of aromatic nitrogens is 1. The number of amides is 1. The van der Waals surface area contributed by atoms with E-state index in [0.29, 0.717) is 29.3 Å². The summed E-state index contributed by atoms with van der Waals surface area (Å²) in [5.74, 6) is -2.46. The number of carbonyl (C=O) groups excluding carboxylic acids is 1. The molecule has 0 radical (unpaired) electrons. The van der Waals surface area contributed by atoms with E-state index >= 15 is 0 Å². The lowest BCUT2D eigenvalue weighted by molar-refractivity contribution is -0.00872. The van der Waals surface area contributed by atoms with Crippen molar-refractivity contribution in [1.29, 1.82) is 0 Å². The topological polar surface area (TPSA) is 64.0 Å². The fourth-order valence-electron chi connectivity index (χ4n) is 3.21. The van der Waals surface area contributed by atoms with Gasteiger partial charge in [0.25, 0.3) is 11.8 Å². The molecule has 8 heteroatoms. The molecule has 0 bridgehead atoms. The smallest absolute Gasteiger partial charge is 0.274 e. The van der Waals surface area contributed by atoms with E-state index in [1.54, 1.807) is 30.0 Å². The molecule has 0 N–H and O–H groups in total. The summed E-state index contributed by atoms with van der Waals surface area (Å²) in [6, 6.07) is 9.53. The van der Waals surface area contributed by atoms with Crippen LogP contribution < -0.4 is 4.74 Å². The van der Waals surface area contributed by atoms with Gasteiger partial charge in [0, 0.05) is 48.8 Å². The first-order chi connectivity index (χ1) is 15.6. The molecule has 0 unspecified atom stereocenters. The first-order valence-electron chi connectivity index (χ1n) is 10.8. The van der Waals surface area contributed by atoms with Gasteiger partial charge in [-0.2, -0.15) is 0 Å². The van der Waals surface area contributed by atoms with Crippen molar-refractivity contribution in [3.8, 4) is 5.88 Å². The van der Waals surface area contributed by atoms with Gasteiger partial charge in [0.05, 0.1) is 18.8 Å². The van der Waals surface area contributed by atoms with Crippen LogP contribution in [0.1, 0.15) is 55.6 Å². The van der Waals surface area contributed by atoms with Gasteiger partial charge in [0.1, 0.15) is 6.61 Å². The number of nitrogens with zero attached hydrogens (tertiary/aromatic N) is 3. The fraction of sp³-hybridized carbons (Fsp3) is 0.400. The summed E-state index contributed by atoms with van der Waals surface area (Å²) in [5, 5.41) is 0. The third-order valence-corrected chi connectivity index (χ3v) is 5.26. The summed E-state index contributed by atoms with van der Waals surface area (Å²) in [6.45, 7) is 11.4. The number of aliphatic imine (C=N–C) groups is 1. The van der Waals surface area contributed by atoms with Crippen LogP contribution in [0.5, 0.6) is 5.88 Å². The minimum Gasteiger partial charge on any atom is -0.484 e. The molecule has 6 nitrogen and oxygen atoms in total. The van der Waals surface area contributed by atoms with Crippen LogP contribution in [0, 0.1) is 0 Å². The zero-order valence-corrected chi connectivity index (χ0v) is 19.8. The standard InChI is InChI=1S/C25H31F2N3O3/c1-7-25(26,27)20-13-14-23(28-15-20)33-16-17(3)30(8-2)24(31)22-12-10-9-11-21(22)18(4)29-19(5)32-6/h9-15,17H,4,7-8,16H2,1-3,5-6H3/t17-/m0/s1. The third-order valence-electron chi connectivity index (χ3n) is 5.26. The van der Waals surface area contributed by atoms with Gasteiger partial charge >= 0.3 is 0 Å². The molecule has 1 amide bonds. The monoisotopic (exact) mass is 459 g/mol. The Morgan fingerprint density at radius 3 is 2.42 bits per heavy atom. The van der Waals surface area contributed by atoms with Crippen molar-refractivity contribution in [3.05, 3.63) is 65.9 Å². The van der Waals surface area contributed by atoms with E-state index in [2.05, 4.69) is 16.6 Å². The Hall–Kier alpha value is -3.29. The van der Waals surface area contributed by atoms with Crippen LogP contribution in [-0.4, -0.2) is 48.0 Å². The minimum atomic E-state index is -2.92. The van der Waals surface area contributed by atoms with Crippen molar-refractivity contribution < 1.29 is 23.0 Å². The van der Waals surface area contributed by atoms with E-state index in [-0.39, 0.29) is 36.4 Å². The summed E-state index contributed by atoms with van der Waals surface area (Å²) in [7, 11) is 1.52. The Bertz CT molecular complexity index is 991. The first kappa shape index (κ1) is 26.0. The molecule has 178 valence electrons. The molecule has 1 aromatic heterocycles. The number of pyridine rings is 1. The normalized spacial score (nSPS) is 12.8. The van der Waals surface area contributed by atoms with Gasteiger partial charge in [-0.1, -0.05) is 31.7 Å². The maximum atomic E-state index is 13.8. The average Bonchev–Trinajstić information content (AvgIpc) is 2.83. The van der Waals surface area contributed by atoms with Crippen LogP contribution >= 0.6 is 0 Å². The summed E-state index contributed by atoms with van der Waals surface area (Å²) in [5.41, 5.74) is 1.35. The van der Waals surface area contributed by atoms with Gasteiger partial charge in [0.2, 0.25) is 5.88 Å². The number of carbonyl (C=O) groups is 1. The summed E-state index contributed by atoms with van der Waals surface area (Å²) in [6.07, 6.45) is 0.820.